The van der Waals surface area contributed by atoms with E-state index < -0.39 is 69.4 Å². The van der Waals surface area contributed by atoms with Crippen molar-refractivity contribution in [3.8, 4) is 0 Å². The Morgan fingerprint density at radius 3 is 1.26 bits per heavy atom. The Balaban J connectivity index is 0.000000184. The fourth-order valence-corrected chi connectivity index (χ4v) is 9.79. The zero-order valence-corrected chi connectivity index (χ0v) is 34.1. The van der Waals surface area contributed by atoms with E-state index in [0.717, 1.165) is 36.2 Å². The van der Waals surface area contributed by atoms with Gasteiger partial charge in [0.2, 0.25) is 30.5 Å². The second kappa shape index (κ2) is 17.1. The Hall–Kier alpha value is -6.13. The van der Waals surface area contributed by atoms with Gasteiger partial charge in [-0.05, 0) is 71.8 Å². The van der Waals surface area contributed by atoms with Crippen molar-refractivity contribution >= 4 is 64.7 Å². The van der Waals surface area contributed by atoms with Crippen molar-refractivity contribution in [1.29, 1.82) is 0 Å². The minimum absolute atomic E-state index is 0.00160. The van der Waals surface area contributed by atoms with Crippen LogP contribution in [0.3, 0.4) is 0 Å². The summed E-state index contributed by atoms with van der Waals surface area (Å²) >= 11 is 11.8. The van der Waals surface area contributed by atoms with Crippen LogP contribution in [-0.4, -0.2) is 26.0 Å². The molecule has 0 saturated heterocycles. The Morgan fingerprint density at radius 2 is 0.852 bits per heavy atom. The van der Waals surface area contributed by atoms with Gasteiger partial charge >= 0.3 is 0 Å². The second-order valence-electron chi connectivity index (χ2n) is 13.5. The van der Waals surface area contributed by atoms with Gasteiger partial charge < -0.3 is 9.13 Å². The van der Waals surface area contributed by atoms with Gasteiger partial charge in [-0.2, -0.15) is 0 Å². The Labute approximate surface area is 354 Å². The van der Waals surface area contributed by atoms with Crippen LogP contribution in [0.5, 0.6) is 0 Å². The molecule has 0 aliphatic heterocycles. The molecule has 0 spiro atoms. The number of rotatable bonds is 8. The predicted octanol–water partition coefficient (Wildman–Crippen LogP) is 9.77. The average molecular weight is 910 g/mol. The average Bonchev–Trinajstić information content (AvgIpc) is 3.22. The van der Waals surface area contributed by atoms with Crippen molar-refractivity contribution in [2.75, 3.05) is 0 Å². The Kier molecular flexibility index (Phi) is 12.0. The van der Waals surface area contributed by atoms with E-state index in [-0.39, 0.29) is 54.7 Å². The number of pyridine rings is 2. The van der Waals surface area contributed by atoms with Crippen LogP contribution >= 0.6 is 23.2 Å². The second-order valence-corrected chi connectivity index (χ2v) is 18.2. The zero-order valence-electron chi connectivity index (χ0n) is 31.0. The number of fused-ring (bicyclic) bond motifs is 2. The van der Waals surface area contributed by atoms with Crippen LogP contribution in [0, 0.1) is 29.1 Å². The summed E-state index contributed by atoms with van der Waals surface area (Å²) in [6.07, 6.45) is 2.23. The summed E-state index contributed by atoms with van der Waals surface area (Å²) in [5.74, 6) is -5.30. The predicted molar refractivity (Wildman–Crippen MR) is 221 cm³/mol. The third-order valence-electron chi connectivity index (χ3n) is 9.43. The lowest BCUT2D eigenvalue weighted by molar-refractivity contribution is 0.510. The molecule has 0 unspecified atom stereocenters. The van der Waals surface area contributed by atoms with E-state index in [4.69, 9.17) is 23.2 Å². The molecule has 0 N–H and O–H groups in total. The quantitative estimate of drug-likeness (QED) is 0.141. The molecule has 0 amide bonds. The maximum absolute atomic E-state index is 13.9. The van der Waals surface area contributed by atoms with Crippen molar-refractivity contribution < 1.29 is 38.8 Å². The summed E-state index contributed by atoms with van der Waals surface area (Å²) in [6, 6.07) is 28.3. The fraction of sp³-hybridized carbons (Fsp3) is 0.0455. The Morgan fingerprint density at radius 1 is 0.459 bits per heavy atom. The molecule has 0 atom stereocenters. The van der Waals surface area contributed by atoms with Gasteiger partial charge in [0.1, 0.15) is 15.6 Å². The number of aromatic nitrogens is 2. The minimum atomic E-state index is -4.32. The number of hydrogen-bond acceptors (Lipinski definition) is 6. The lowest BCUT2D eigenvalue weighted by atomic mass is 10.1. The van der Waals surface area contributed by atoms with Crippen molar-refractivity contribution in [2.45, 2.75) is 32.7 Å². The molecule has 0 radical (unpaired) electrons. The first-order valence-electron chi connectivity index (χ1n) is 17.8. The molecule has 6 aromatic carbocycles. The summed E-state index contributed by atoms with van der Waals surface area (Å²) < 4.78 is 124. The van der Waals surface area contributed by atoms with E-state index in [1.54, 1.807) is 24.3 Å². The van der Waals surface area contributed by atoms with Gasteiger partial charge in [-0.25, -0.2) is 38.8 Å². The number of benzene rings is 6. The van der Waals surface area contributed by atoms with E-state index >= 15 is 0 Å². The number of sulfone groups is 2. The molecule has 0 bridgehead atoms. The van der Waals surface area contributed by atoms with Gasteiger partial charge in [0.05, 0.1) is 31.6 Å². The van der Waals surface area contributed by atoms with Crippen LogP contribution in [0.4, 0.5) is 22.0 Å². The smallest absolute Gasteiger partial charge is 0.211 e. The van der Waals surface area contributed by atoms with Crippen molar-refractivity contribution in [1.82, 2.24) is 9.13 Å². The molecule has 8 nitrogen and oxygen atoms in total. The molecular weight excluding hydrogens is 883 g/mol. The molecule has 0 fully saturated rings. The molecule has 2 heterocycles. The van der Waals surface area contributed by atoms with E-state index in [1.165, 1.54) is 81.9 Å². The van der Waals surface area contributed by atoms with Crippen LogP contribution in [0.1, 0.15) is 11.1 Å². The van der Waals surface area contributed by atoms with E-state index in [9.17, 15) is 48.4 Å². The third-order valence-corrected chi connectivity index (χ3v) is 13.4. The van der Waals surface area contributed by atoms with E-state index in [0.29, 0.717) is 11.6 Å². The maximum Gasteiger partial charge on any atom is 0.211 e. The van der Waals surface area contributed by atoms with Gasteiger partial charge in [-0.15, -0.1) is 0 Å². The largest absolute Gasteiger partial charge is 0.341 e. The highest BCUT2D eigenvalue weighted by molar-refractivity contribution is 7.91. The molecule has 0 aliphatic carbocycles. The summed E-state index contributed by atoms with van der Waals surface area (Å²) in [5, 5.41) is -0.187. The monoisotopic (exact) mass is 908 g/mol. The van der Waals surface area contributed by atoms with E-state index in [2.05, 4.69) is 0 Å². The van der Waals surface area contributed by atoms with Crippen LogP contribution < -0.4 is 10.9 Å². The summed E-state index contributed by atoms with van der Waals surface area (Å²) in [7, 11) is -8.58. The number of nitrogens with zero attached hydrogens (tertiary/aromatic N) is 2. The van der Waals surface area contributed by atoms with Crippen LogP contribution in [0.15, 0.2) is 169 Å². The molecular formula is C44H27Cl2F5N2O6S2. The van der Waals surface area contributed by atoms with Gasteiger partial charge in [0.25, 0.3) is 0 Å². The normalized spacial score (nSPS) is 11.7. The first kappa shape index (κ1) is 43.0. The van der Waals surface area contributed by atoms with Gasteiger partial charge in [0.15, 0.2) is 23.3 Å². The highest BCUT2D eigenvalue weighted by atomic mass is 35.5. The molecule has 8 rings (SSSR count). The number of halogens is 7. The molecule has 8 aromatic rings. The first-order chi connectivity index (χ1) is 28.9. The third kappa shape index (κ3) is 8.86. The fourth-order valence-electron chi connectivity index (χ4n) is 6.45. The molecule has 0 aliphatic rings. The van der Waals surface area contributed by atoms with Crippen molar-refractivity contribution in [3.63, 3.8) is 0 Å². The number of hydrogen-bond donors (Lipinski definition) is 0. The first-order valence-corrected chi connectivity index (χ1v) is 21.5. The molecule has 0 saturated carbocycles. The van der Waals surface area contributed by atoms with Gasteiger partial charge in [0, 0.05) is 47.7 Å². The summed E-state index contributed by atoms with van der Waals surface area (Å²) in [6.45, 7) is 0.140. The van der Waals surface area contributed by atoms with E-state index in [1.807, 2.05) is 6.07 Å². The minimum Gasteiger partial charge on any atom is -0.341 e. The molecule has 2 aromatic heterocycles. The topological polar surface area (TPSA) is 112 Å². The lowest BCUT2D eigenvalue weighted by Gasteiger charge is -2.15. The van der Waals surface area contributed by atoms with Crippen LogP contribution in [0.2, 0.25) is 10.0 Å². The summed E-state index contributed by atoms with van der Waals surface area (Å²) in [5.41, 5.74) is -0.441. The van der Waals surface area contributed by atoms with Crippen molar-refractivity contribution in [2.24, 2.45) is 0 Å². The summed E-state index contributed by atoms with van der Waals surface area (Å²) in [4.78, 5) is 24.4. The van der Waals surface area contributed by atoms with Crippen LogP contribution in [0.25, 0.3) is 21.8 Å². The molecule has 17 heteroatoms. The highest BCUT2D eigenvalue weighted by Crippen LogP contribution is 2.27. The zero-order chi connectivity index (χ0) is 43.8. The van der Waals surface area contributed by atoms with Gasteiger partial charge in [-0.1, -0.05) is 77.8 Å². The lowest BCUT2D eigenvalue weighted by Crippen LogP contribution is -2.20. The SMILES string of the molecule is O=c1c(S(=O)(=O)c2cccc(Cl)c2)cn(Cc2ccc(F)cc2)c2cc(F)c(F)cc12.O=c1c(S(=O)(=O)c2cccc(Cl)c2)cn(Cc2ccccc2)c2cc(F)c(F)cc12. The van der Waals surface area contributed by atoms with Crippen molar-refractivity contribution in [3.05, 3.63) is 210 Å². The standard InChI is InChI=1S/C22H13ClF3NO3S.C22H14ClF2NO3S/c23-14-2-1-3-16(8-14)31(29,30)21-12-27(11-13-4-6-15(24)7-5-13)20-10-19(26)18(25)9-17(20)22(21)28;23-15-7-4-8-16(9-15)30(28,29)21-13-26(12-14-5-2-1-3-6-14)20-11-19(25)18(24)10-17(20)22(21)27/h1-10,12H,11H2;1-11,13H,12H2. The molecule has 310 valence electrons. The molecule has 61 heavy (non-hydrogen) atoms. The van der Waals surface area contributed by atoms with Gasteiger partial charge in [-0.3, -0.25) is 9.59 Å². The highest BCUT2D eigenvalue weighted by Gasteiger charge is 2.27. The maximum atomic E-state index is 13.9. The van der Waals surface area contributed by atoms with Crippen LogP contribution in [-0.2, 0) is 32.8 Å². The Bertz CT molecular complexity index is 3370.